The molecule has 2 rings (SSSR count). The zero-order chi connectivity index (χ0) is 7.68. The Morgan fingerprint density at radius 3 is 3.09 bits per heavy atom. The largest absolute Gasteiger partial charge is 0.443 e. The van der Waals surface area contributed by atoms with E-state index in [4.69, 9.17) is 4.74 Å². The van der Waals surface area contributed by atoms with Gasteiger partial charge in [0, 0.05) is 12.5 Å². The molecule has 2 nitrogen and oxygen atoms in total. The summed E-state index contributed by atoms with van der Waals surface area (Å²) in [6.45, 7) is 2.62. The fourth-order valence-corrected chi connectivity index (χ4v) is 1.12. The maximum atomic E-state index is 5.38. The van der Waals surface area contributed by atoms with Gasteiger partial charge in [0.05, 0.1) is 6.54 Å². The van der Waals surface area contributed by atoms with Crippen LogP contribution < -0.4 is 4.74 Å². The van der Waals surface area contributed by atoms with E-state index in [2.05, 4.69) is 4.99 Å². The number of hydrogen-bond acceptors (Lipinski definition) is 2. The maximum Gasteiger partial charge on any atom is 0.187 e. The number of para-hydroxylation sites is 1. The van der Waals surface area contributed by atoms with Gasteiger partial charge in [-0.1, -0.05) is 18.2 Å². The predicted molar refractivity (Wildman–Crippen MR) is 43.9 cm³/mol. The molecule has 2 heteroatoms. The summed E-state index contributed by atoms with van der Waals surface area (Å²) in [5, 5.41) is 0. The molecule has 0 aliphatic carbocycles. The second-order valence-electron chi connectivity index (χ2n) is 2.55. The molecule has 1 heterocycles. The van der Waals surface area contributed by atoms with E-state index in [1.54, 1.807) is 0 Å². The molecule has 1 aromatic carbocycles. The molecule has 0 fully saturated rings. The Kier molecular flexibility index (Phi) is 1.39. The van der Waals surface area contributed by atoms with E-state index in [1.807, 2.05) is 31.2 Å². The van der Waals surface area contributed by atoms with Gasteiger partial charge in [0.25, 0.3) is 0 Å². The lowest BCUT2D eigenvalue weighted by Crippen LogP contribution is -2.09. The van der Waals surface area contributed by atoms with Crippen LogP contribution in [0.4, 0.5) is 0 Å². The number of rotatable bonds is 0. The number of fused-ring (bicyclic) bond motifs is 1. The van der Waals surface area contributed by atoms with Crippen molar-refractivity contribution in [1.82, 2.24) is 0 Å². The van der Waals surface area contributed by atoms with Crippen molar-refractivity contribution in [3.05, 3.63) is 29.8 Å². The lowest BCUT2D eigenvalue weighted by molar-refractivity contribution is 0.519. The Balaban J connectivity index is 2.42. The first kappa shape index (κ1) is 6.40. The molecule has 0 N–H and O–H groups in total. The van der Waals surface area contributed by atoms with E-state index in [9.17, 15) is 0 Å². The van der Waals surface area contributed by atoms with Gasteiger partial charge in [-0.05, 0) is 6.07 Å². The average molecular weight is 147 g/mol. The molecule has 0 unspecified atom stereocenters. The van der Waals surface area contributed by atoms with Crippen LogP contribution in [0, 0.1) is 0 Å². The van der Waals surface area contributed by atoms with Gasteiger partial charge in [-0.3, -0.25) is 4.99 Å². The molecule has 0 bridgehead atoms. The van der Waals surface area contributed by atoms with Crippen molar-refractivity contribution in [1.29, 1.82) is 0 Å². The van der Waals surface area contributed by atoms with Crippen molar-refractivity contribution in [2.45, 2.75) is 13.5 Å². The molecular formula is C9H9NO. The van der Waals surface area contributed by atoms with Crippen LogP contribution >= 0.6 is 0 Å². The van der Waals surface area contributed by atoms with Gasteiger partial charge in [0.1, 0.15) is 5.75 Å². The van der Waals surface area contributed by atoms with Crippen molar-refractivity contribution >= 4 is 5.90 Å². The molecule has 0 saturated heterocycles. The zero-order valence-electron chi connectivity index (χ0n) is 6.37. The summed E-state index contributed by atoms with van der Waals surface area (Å²) in [5.74, 6) is 1.70. The van der Waals surface area contributed by atoms with Gasteiger partial charge in [-0.25, -0.2) is 0 Å². The summed E-state index contributed by atoms with van der Waals surface area (Å²) in [6.07, 6.45) is 0. The number of benzene rings is 1. The second kappa shape index (κ2) is 2.38. The van der Waals surface area contributed by atoms with E-state index < -0.39 is 0 Å². The van der Waals surface area contributed by atoms with Crippen molar-refractivity contribution < 1.29 is 4.74 Å². The van der Waals surface area contributed by atoms with Gasteiger partial charge in [-0.2, -0.15) is 0 Å². The van der Waals surface area contributed by atoms with Crippen molar-refractivity contribution in [3.8, 4) is 5.75 Å². The molecule has 1 aliphatic rings. The Labute approximate surface area is 65.5 Å². The van der Waals surface area contributed by atoms with Crippen LogP contribution in [0.3, 0.4) is 0 Å². The third-order valence-electron chi connectivity index (χ3n) is 1.70. The minimum absolute atomic E-state index is 0.752. The zero-order valence-corrected chi connectivity index (χ0v) is 6.37. The highest BCUT2D eigenvalue weighted by atomic mass is 16.5. The van der Waals surface area contributed by atoms with E-state index in [-0.39, 0.29) is 0 Å². The van der Waals surface area contributed by atoms with Crippen LogP contribution in [-0.2, 0) is 6.54 Å². The Bertz CT molecular complexity index is 304. The lowest BCUT2D eigenvalue weighted by Gasteiger charge is -2.13. The number of ether oxygens (including phenoxy) is 1. The Hall–Kier alpha value is -1.31. The maximum absolute atomic E-state index is 5.38. The molecule has 0 amide bonds. The van der Waals surface area contributed by atoms with Crippen molar-refractivity contribution in [3.63, 3.8) is 0 Å². The highest BCUT2D eigenvalue weighted by Gasteiger charge is 2.08. The summed E-state index contributed by atoms with van der Waals surface area (Å²) in [4.78, 5) is 4.17. The van der Waals surface area contributed by atoms with E-state index in [1.165, 1.54) is 0 Å². The molecule has 11 heavy (non-hydrogen) atoms. The lowest BCUT2D eigenvalue weighted by atomic mass is 10.2. The second-order valence-corrected chi connectivity index (χ2v) is 2.55. The Morgan fingerprint density at radius 1 is 1.36 bits per heavy atom. The first-order valence-electron chi connectivity index (χ1n) is 3.63. The SMILES string of the molecule is CC1=NCc2ccccc2O1. The average Bonchev–Trinajstić information content (AvgIpc) is 2.04. The van der Waals surface area contributed by atoms with Gasteiger partial charge < -0.3 is 4.74 Å². The quantitative estimate of drug-likeness (QED) is 0.550. The van der Waals surface area contributed by atoms with Crippen LogP contribution in [0.5, 0.6) is 5.75 Å². The summed E-state index contributed by atoms with van der Waals surface area (Å²) in [6, 6.07) is 7.97. The first-order chi connectivity index (χ1) is 5.36. The molecule has 0 radical (unpaired) electrons. The topological polar surface area (TPSA) is 21.6 Å². The third-order valence-corrected chi connectivity index (χ3v) is 1.70. The smallest absolute Gasteiger partial charge is 0.187 e. The molecule has 0 spiro atoms. The minimum atomic E-state index is 0.752. The monoisotopic (exact) mass is 147 g/mol. The number of hydrogen-bond donors (Lipinski definition) is 0. The molecule has 0 atom stereocenters. The van der Waals surface area contributed by atoms with Crippen LogP contribution in [0.25, 0.3) is 0 Å². The standard InChI is InChI=1S/C9H9NO/c1-7-10-6-8-4-2-3-5-9(8)11-7/h2-5H,6H2,1H3. The van der Waals surface area contributed by atoms with Gasteiger partial charge in [0.2, 0.25) is 0 Å². The molecule has 1 aromatic rings. The highest BCUT2D eigenvalue weighted by molar-refractivity contribution is 5.77. The van der Waals surface area contributed by atoms with Crippen LogP contribution in [0.2, 0.25) is 0 Å². The van der Waals surface area contributed by atoms with E-state index in [0.717, 1.165) is 23.8 Å². The third kappa shape index (κ3) is 1.11. The van der Waals surface area contributed by atoms with Gasteiger partial charge in [0.15, 0.2) is 5.90 Å². The Morgan fingerprint density at radius 2 is 2.18 bits per heavy atom. The van der Waals surface area contributed by atoms with Crippen molar-refractivity contribution in [2.24, 2.45) is 4.99 Å². The van der Waals surface area contributed by atoms with E-state index >= 15 is 0 Å². The van der Waals surface area contributed by atoms with Gasteiger partial charge in [-0.15, -0.1) is 0 Å². The normalized spacial score (nSPS) is 14.8. The molecule has 1 aliphatic heterocycles. The fraction of sp³-hybridized carbons (Fsp3) is 0.222. The molecule has 0 aromatic heterocycles. The summed E-state index contributed by atoms with van der Waals surface area (Å²) in [7, 11) is 0. The van der Waals surface area contributed by atoms with E-state index in [0.29, 0.717) is 0 Å². The summed E-state index contributed by atoms with van der Waals surface area (Å²) in [5.41, 5.74) is 1.16. The van der Waals surface area contributed by atoms with Crippen LogP contribution in [0.15, 0.2) is 29.3 Å². The number of nitrogens with zero attached hydrogens (tertiary/aromatic N) is 1. The summed E-state index contributed by atoms with van der Waals surface area (Å²) < 4.78 is 5.38. The molecule has 0 saturated carbocycles. The summed E-state index contributed by atoms with van der Waals surface area (Å²) >= 11 is 0. The van der Waals surface area contributed by atoms with Gasteiger partial charge >= 0.3 is 0 Å². The van der Waals surface area contributed by atoms with Crippen molar-refractivity contribution in [2.75, 3.05) is 0 Å². The molecule has 56 valence electrons. The minimum Gasteiger partial charge on any atom is -0.443 e. The highest BCUT2D eigenvalue weighted by Crippen LogP contribution is 2.22. The fourth-order valence-electron chi connectivity index (χ4n) is 1.12. The van der Waals surface area contributed by atoms with Crippen LogP contribution in [0.1, 0.15) is 12.5 Å². The predicted octanol–water partition coefficient (Wildman–Crippen LogP) is 2.00. The first-order valence-corrected chi connectivity index (χ1v) is 3.63. The van der Waals surface area contributed by atoms with Crippen LogP contribution in [-0.4, -0.2) is 5.90 Å². The number of aliphatic imine (C=N–C) groups is 1. The molecular weight excluding hydrogens is 138 g/mol.